The molecule has 0 radical (unpaired) electrons. The van der Waals surface area contributed by atoms with Crippen molar-refractivity contribution in [2.45, 2.75) is 56.7 Å². The van der Waals surface area contributed by atoms with Crippen LogP contribution in [0.1, 0.15) is 60.9 Å². The lowest BCUT2D eigenvalue weighted by Crippen LogP contribution is -2.34. The Bertz CT molecular complexity index is 668. The highest BCUT2D eigenvalue weighted by atomic mass is 32.2. The van der Waals surface area contributed by atoms with Crippen LogP contribution in [-0.4, -0.2) is 39.6 Å². The number of carboxylic acid groups (broad SMARTS) is 1. The second kappa shape index (κ2) is 9.26. The normalized spacial score (nSPS) is 20.3. The van der Waals surface area contributed by atoms with E-state index in [2.05, 4.69) is 11.0 Å². The van der Waals surface area contributed by atoms with Gasteiger partial charge in [-0.05, 0) is 69.1 Å². The van der Waals surface area contributed by atoms with E-state index < -0.39 is 5.97 Å². The molecule has 1 saturated heterocycles. The summed E-state index contributed by atoms with van der Waals surface area (Å²) in [5, 5.41) is 9.25. The highest BCUT2D eigenvalue weighted by molar-refractivity contribution is 8.00. The molecule has 1 aliphatic carbocycles. The SMILES string of the molecule is O=C(O)c1ccc(CCCC2SCC(=O)N2CCC2=CCCCC2)cc1. The van der Waals surface area contributed by atoms with Gasteiger partial charge in [0.15, 0.2) is 0 Å². The Morgan fingerprint density at radius 3 is 2.69 bits per heavy atom. The van der Waals surface area contributed by atoms with Gasteiger partial charge in [-0.3, -0.25) is 4.79 Å². The summed E-state index contributed by atoms with van der Waals surface area (Å²) in [7, 11) is 0. The van der Waals surface area contributed by atoms with Gasteiger partial charge in [0.1, 0.15) is 0 Å². The molecule has 0 bridgehead atoms. The molecule has 1 N–H and O–H groups in total. The van der Waals surface area contributed by atoms with Crippen LogP contribution in [0.15, 0.2) is 35.9 Å². The number of amides is 1. The molecule has 0 aromatic heterocycles. The molecular formula is C21H27NO3S. The van der Waals surface area contributed by atoms with E-state index >= 15 is 0 Å². The molecule has 1 amide bonds. The molecule has 1 heterocycles. The van der Waals surface area contributed by atoms with Crippen molar-refractivity contribution in [1.82, 2.24) is 4.90 Å². The zero-order valence-corrected chi connectivity index (χ0v) is 16.0. The van der Waals surface area contributed by atoms with Crippen LogP contribution in [0, 0.1) is 0 Å². The number of allylic oxidation sites excluding steroid dienone is 1. The Hall–Kier alpha value is -1.75. The Kier molecular flexibility index (Phi) is 6.78. The van der Waals surface area contributed by atoms with Crippen molar-refractivity contribution >= 4 is 23.6 Å². The Labute approximate surface area is 159 Å². The van der Waals surface area contributed by atoms with E-state index in [9.17, 15) is 9.59 Å². The number of aromatic carboxylic acids is 1. The Morgan fingerprint density at radius 2 is 2.00 bits per heavy atom. The molecule has 1 aromatic carbocycles. The second-order valence-electron chi connectivity index (χ2n) is 7.11. The topological polar surface area (TPSA) is 57.6 Å². The second-order valence-corrected chi connectivity index (χ2v) is 8.27. The van der Waals surface area contributed by atoms with Gasteiger partial charge in [-0.15, -0.1) is 11.8 Å². The number of aryl methyl sites for hydroxylation is 1. The molecular weight excluding hydrogens is 346 g/mol. The lowest BCUT2D eigenvalue weighted by Gasteiger charge is -2.25. The fourth-order valence-electron chi connectivity index (χ4n) is 3.70. The number of hydrogen-bond donors (Lipinski definition) is 1. The number of carboxylic acids is 1. The first-order valence-electron chi connectivity index (χ1n) is 9.55. The molecule has 1 aliphatic heterocycles. The zero-order valence-electron chi connectivity index (χ0n) is 15.2. The monoisotopic (exact) mass is 373 g/mol. The first-order chi connectivity index (χ1) is 12.6. The van der Waals surface area contributed by atoms with Gasteiger partial charge < -0.3 is 10.0 Å². The van der Waals surface area contributed by atoms with Crippen molar-refractivity contribution in [1.29, 1.82) is 0 Å². The number of nitrogens with zero attached hydrogens (tertiary/aromatic N) is 1. The third-order valence-electron chi connectivity index (χ3n) is 5.24. The van der Waals surface area contributed by atoms with Crippen LogP contribution >= 0.6 is 11.8 Å². The third kappa shape index (κ3) is 5.13. The van der Waals surface area contributed by atoms with Gasteiger partial charge in [-0.25, -0.2) is 4.79 Å². The van der Waals surface area contributed by atoms with Crippen LogP contribution < -0.4 is 0 Å². The van der Waals surface area contributed by atoms with Crippen LogP contribution in [-0.2, 0) is 11.2 Å². The molecule has 2 aliphatic rings. The Balaban J connectivity index is 1.46. The molecule has 0 spiro atoms. The predicted octanol–water partition coefficient (Wildman–Crippen LogP) is 4.50. The maximum atomic E-state index is 12.2. The van der Waals surface area contributed by atoms with E-state index in [-0.39, 0.29) is 5.91 Å². The standard InChI is InChI=1S/C21H27NO3S/c23-19-15-26-20(22(19)14-13-16-5-2-1-3-6-16)8-4-7-17-9-11-18(12-10-17)21(24)25/h5,9-12,20H,1-4,6-8,13-15H2,(H,24,25). The smallest absolute Gasteiger partial charge is 0.335 e. The molecule has 0 saturated carbocycles. The number of hydrogen-bond acceptors (Lipinski definition) is 3. The van der Waals surface area contributed by atoms with E-state index in [0.717, 1.165) is 37.8 Å². The van der Waals surface area contributed by atoms with Crippen LogP contribution in [0.3, 0.4) is 0 Å². The Morgan fingerprint density at radius 1 is 1.19 bits per heavy atom. The molecule has 1 fully saturated rings. The number of benzene rings is 1. The summed E-state index contributed by atoms with van der Waals surface area (Å²) < 4.78 is 0. The first-order valence-corrected chi connectivity index (χ1v) is 10.6. The van der Waals surface area contributed by atoms with Crippen molar-refractivity contribution < 1.29 is 14.7 Å². The largest absolute Gasteiger partial charge is 0.478 e. The molecule has 26 heavy (non-hydrogen) atoms. The van der Waals surface area contributed by atoms with Gasteiger partial charge >= 0.3 is 5.97 Å². The van der Waals surface area contributed by atoms with E-state index in [0.29, 0.717) is 16.7 Å². The molecule has 1 unspecified atom stereocenters. The van der Waals surface area contributed by atoms with Gasteiger partial charge in [0, 0.05) is 6.54 Å². The first kappa shape index (κ1) is 19.0. The van der Waals surface area contributed by atoms with E-state index in [1.54, 1.807) is 23.9 Å². The van der Waals surface area contributed by atoms with Crippen molar-refractivity contribution in [3.05, 3.63) is 47.0 Å². The average molecular weight is 374 g/mol. The van der Waals surface area contributed by atoms with Gasteiger partial charge in [0.2, 0.25) is 5.91 Å². The number of carbonyl (C=O) groups excluding carboxylic acids is 1. The van der Waals surface area contributed by atoms with E-state index in [1.807, 2.05) is 12.1 Å². The van der Waals surface area contributed by atoms with E-state index in [1.165, 1.54) is 31.3 Å². The highest BCUT2D eigenvalue weighted by Gasteiger charge is 2.30. The zero-order chi connectivity index (χ0) is 18.4. The van der Waals surface area contributed by atoms with Crippen molar-refractivity contribution in [2.24, 2.45) is 0 Å². The maximum Gasteiger partial charge on any atom is 0.335 e. The molecule has 1 aromatic rings. The lowest BCUT2D eigenvalue weighted by molar-refractivity contribution is -0.128. The molecule has 4 nitrogen and oxygen atoms in total. The van der Waals surface area contributed by atoms with Gasteiger partial charge in [0.25, 0.3) is 0 Å². The fourth-order valence-corrected chi connectivity index (χ4v) is 4.94. The highest BCUT2D eigenvalue weighted by Crippen LogP contribution is 2.30. The molecule has 140 valence electrons. The van der Waals surface area contributed by atoms with Gasteiger partial charge in [0.05, 0.1) is 16.7 Å². The van der Waals surface area contributed by atoms with Crippen LogP contribution in [0.4, 0.5) is 0 Å². The van der Waals surface area contributed by atoms with Crippen LogP contribution in [0.2, 0.25) is 0 Å². The molecule has 5 heteroatoms. The lowest BCUT2D eigenvalue weighted by atomic mass is 9.97. The maximum absolute atomic E-state index is 12.2. The van der Waals surface area contributed by atoms with Crippen molar-refractivity contribution in [3.8, 4) is 0 Å². The van der Waals surface area contributed by atoms with Crippen molar-refractivity contribution in [2.75, 3.05) is 12.3 Å². The summed E-state index contributed by atoms with van der Waals surface area (Å²) in [6, 6.07) is 7.11. The minimum atomic E-state index is -0.888. The van der Waals surface area contributed by atoms with Crippen molar-refractivity contribution in [3.63, 3.8) is 0 Å². The van der Waals surface area contributed by atoms with E-state index in [4.69, 9.17) is 5.11 Å². The fraction of sp³-hybridized carbons (Fsp3) is 0.524. The minimum Gasteiger partial charge on any atom is -0.478 e. The summed E-state index contributed by atoms with van der Waals surface area (Å²) in [5.41, 5.74) is 3.01. The number of carbonyl (C=O) groups is 2. The predicted molar refractivity (Wildman–Crippen MR) is 105 cm³/mol. The van der Waals surface area contributed by atoms with Gasteiger partial charge in [-0.2, -0.15) is 0 Å². The van der Waals surface area contributed by atoms with Gasteiger partial charge in [-0.1, -0.05) is 23.8 Å². The number of thioether (sulfide) groups is 1. The summed E-state index contributed by atoms with van der Waals surface area (Å²) in [6.45, 7) is 0.857. The minimum absolute atomic E-state index is 0.280. The third-order valence-corrected chi connectivity index (χ3v) is 6.53. The quantitative estimate of drug-likeness (QED) is 0.682. The number of rotatable bonds is 8. The summed E-state index contributed by atoms with van der Waals surface area (Å²) >= 11 is 1.77. The summed E-state index contributed by atoms with van der Waals surface area (Å²) in [5.74, 6) is 0.000158. The molecule has 3 rings (SSSR count). The summed E-state index contributed by atoms with van der Waals surface area (Å²) in [4.78, 5) is 25.2. The van der Waals surface area contributed by atoms with Crippen LogP contribution in [0.5, 0.6) is 0 Å². The summed E-state index contributed by atoms with van der Waals surface area (Å²) in [6.07, 6.45) is 11.3. The average Bonchev–Trinajstić information content (AvgIpc) is 3.01. The molecule has 1 atom stereocenters. The van der Waals surface area contributed by atoms with Crippen LogP contribution in [0.25, 0.3) is 0 Å².